The van der Waals surface area contributed by atoms with Crippen molar-refractivity contribution < 1.29 is 4.79 Å². The van der Waals surface area contributed by atoms with Gasteiger partial charge in [-0.25, -0.2) is 4.98 Å². The monoisotopic (exact) mass is 330 g/mol. The molecule has 0 saturated carbocycles. The Labute approximate surface area is 134 Å². The molecular formula is C15H14N4O3S. The highest BCUT2D eigenvalue weighted by atomic mass is 32.1. The zero-order valence-corrected chi connectivity index (χ0v) is 13.4. The van der Waals surface area contributed by atoms with Gasteiger partial charge < -0.3 is 9.55 Å². The molecule has 0 unspecified atom stereocenters. The molecular weight excluding hydrogens is 316 g/mol. The normalized spacial score (nSPS) is 10.9. The van der Waals surface area contributed by atoms with Crippen LogP contribution in [0.15, 0.2) is 33.2 Å². The van der Waals surface area contributed by atoms with Crippen LogP contribution in [0.4, 0.5) is 5.13 Å². The molecule has 0 bridgehead atoms. The lowest BCUT2D eigenvalue weighted by Gasteiger charge is -2.08. The molecule has 2 heterocycles. The molecule has 2 aromatic heterocycles. The molecule has 0 aliphatic carbocycles. The molecule has 7 nitrogen and oxygen atoms in total. The number of aromatic nitrogens is 3. The van der Waals surface area contributed by atoms with Crippen LogP contribution in [0.5, 0.6) is 0 Å². The van der Waals surface area contributed by atoms with Crippen molar-refractivity contribution in [2.45, 2.75) is 20.4 Å². The number of nitrogens with one attached hydrogen (secondary N) is 2. The fourth-order valence-corrected chi connectivity index (χ4v) is 3.00. The lowest BCUT2D eigenvalue weighted by molar-refractivity contribution is 0.102. The summed E-state index contributed by atoms with van der Waals surface area (Å²) in [4.78, 5) is 42.5. The molecule has 1 amide bonds. The molecule has 23 heavy (non-hydrogen) atoms. The quantitative estimate of drug-likeness (QED) is 0.715. The van der Waals surface area contributed by atoms with Crippen molar-refractivity contribution in [2.24, 2.45) is 0 Å². The Morgan fingerprint density at radius 2 is 2.17 bits per heavy atom. The third kappa shape index (κ3) is 2.80. The summed E-state index contributed by atoms with van der Waals surface area (Å²) >= 11 is 1.34. The smallest absolute Gasteiger partial charge is 0.316 e. The Hall–Kier alpha value is -2.74. The Balaban J connectivity index is 2.03. The minimum absolute atomic E-state index is 0.323. The molecule has 0 saturated heterocycles. The summed E-state index contributed by atoms with van der Waals surface area (Å²) in [5.74, 6) is -0.323. The van der Waals surface area contributed by atoms with Crippen LogP contribution in [0.3, 0.4) is 0 Å². The molecule has 8 heteroatoms. The predicted molar refractivity (Wildman–Crippen MR) is 89.3 cm³/mol. The van der Waals surface area contributed by atoms with Gasteiger partial charge >= 0.3 is 11.1 Å². The molecule has 0 spiro atoms. The lowest BCUT2D eigenvalue weighted by atomic mass is 10.1. The Kier molecular flexibility index (Phi) is 3.83. The van der Waals surface area contributed by atoms with Crippen LogP contribution in [0, 0.1) is 6.92 Å². The fourth-order valence-electron chi connectivity index (χ4n) is 2.32. The highest BCUT2D eigenvalue weighted by Gasteiger charge is 2.12. The highest BCUT2D eigenvalue weighted by molar-refractivity contribution is 7.13. The van der Waals surface area contributed by atoms with E-state index in [1.165, 1.54) is 15.9 Å². The molecule has 0 radical (unpaired) electrons. The van der Waals surface area contributed by atoms with E-state index in [4.69, 9.17) is 0 Å². The summed E-state index contributed by atoms with van der Waals surface area (Å²) in [7, 11) is 0. The molecule has 3 rings (SSSR count). The van der Waals surface area contributed by atoms with E-state index in [0.717, 1.165) is 5.69 Å². The first-order chi connectivity index (χ1) is 11.0. The average Bonchev–Trinajstić information content (AvgIpc) is 2.93. The van der Waals surface area contributed by atoms with Gasteiger partial charge in [0.1, 0.15) is 0 Å². The van der Waals surface area contributed by atoms with Crippen LogP contribution in [-0.2, 0) is 6.54 Å². The number of nitrogens with zero attached hydrogens (tertiary/aromatic N) is 2. The number of rotatable bonds is 3. The molecule has 0 atom stereocenters. The first kappa shape index (κ1) is 15.2. The number of anilines is 1. The molecule has 0 aliphatic rings. The van der Waals surface area contributed by atoms with E-state index >= 15 is 0 Å². The van der Waals surface area contributed by atoms with E-state index in [2.05, 4.69) is 15.3 Å². The number of aromatic amines is 1. The first-order valence-corrected chi connectivity index (χ1v) is 7.88. The summed E-state index contributed by atoms with van der Waals surface area (Å²) in [6.07, 6.45) is 0. The van der Waals surface area contributed by atoms with Crippen LogP contribution < -0.4 is 16.4 Å². The van der Waals surface area contributed by atoms with E-state index in [1.807, 2.05) is 12.3 Å². The summed E-state index contributed by atoms with van der Waals surface area (Å²) in [5.41, 5.74) is 0.934. The Bertz CT molecular complexity index is 1020. The van der Waals surface area contributed by atoms with Gasteiger partial charge in [-0.1, -0.05) is 0 Å². The maximum Gasteiger partial charge on any atom is 0.316 e. The summed E-state index contributed by atoms with van der Waals surface area (Å²) < 4.78 is 1.38. The lowest BCUT2D eigenvalue weighted by Crippen LogP contribution is -2.36. The molecule has 2 N–H and O–H groups in total. The molecule has 1 aromatic carbocycles. The van der Waals surface area contributed by atoms with E-state index < -0.39 is 11.1 Å². The van der Waals surface area contributed by atoms with Crippen molar-refractivity contribution >= 4 is 33.4 Å². The number of carbonyl (C=O) groups is 1. The average molecular weight is 330 g/mol. The maximum atomic E-state index is 12.3. The zero-order chi connectivity index (χ0) is 16.6. The maximum absolute atomic E-state index is 12.3. The number of aryl methyl sites for hydroxylation is 2. The van der Waals surface area contributed by atoms with Gasteiger partial charge in [-0.2, -0.15) is 0 Å². The molecule has 0 aliphatic heterocycles. The van der Waals surface area contributed by atoms with Crippen molar-refractivity contribution in [2.75, 3.05) is 5.32 Å². The summed E-state index contributed by atoms with van der Waals surface area (Å²) in [6, 6.07) is 4.82. The van der Waals surface area contributed by atoms with Gasteiger partial charge in [-0.05, 0) is 32.0 Å². The van der Waals surface area contributed by atoms with Crippen LogP contribution in [0.25, 0.3) is 11.0 Å². The highest BCUT2D eigenvalue weighted by Crippen LogP contribution is 2.17. The summed E-state index contributed by atoms with van der Waals surface area (Å²) in [6.45, 7) is 4.01. The van der Waals surface area contributed by atoms with Gasteiger partial charge in [0.25, 0.3) is 5.91 Å². The van der Waals surface area contributed by atoms with E-state index in [9.17, 15) is 14.4 Å². The second kappa shape index (κ2) is 5.81. The largest absolute Gasteiger partial charge is 0.316 e. The standard InChI is InChI=1S/C15H14N4O3S/c1-3-19-11-5-4-9(6-10(11)17-13(21)14(19)22)12(20)18-15-16-8(2)7-23-15/h4-7H,3H2,1-2H3,(H,17,21)(H,16,18,20). The Morgan fingerprint density at radius 1 is 1.39 bits per heavy atom. The van der Waals surface area contributed by atoms with Crippen LogP contribution in [0.2, 0.25) is 0 Å². The SMILES string of the molecule is CCn1c(=O)c(=O)[nH]c2cc(C(=O)Nc3nc(C)cs3)ccc21. The van der Waals surface area contributed by atoms with Crippen LogP contribution >= 0.6 is 11.3 Å². The molecule has 3 aromatic rings. The van der Waals surface area contributed by atoms with E-state index in [0.29, 0.717) is 28.3 Å². The number of H-pyrrole nitrogens is 1. The van der Waals surface area contributed by atoms with Crippen LogP contribution in [0.1, 0.15) is 23.0 Å². The van der Waals surface area contributed by atoms with Crippen molar-refractivity contribution in [1.82, 2.24) is 14.5 Å². The van der Waals surface area contributed by atoms with Crippen LogP contribution in [-0.4, -0.2) is 20.4 Å². The number of fused-ring (bicyclic) bond motifs is 1. The van der Waals surface area contributed by atoms with E-state index in [-0.39, 0.29) is 5.91 Å². The van der Waals surface area contributed by atoms with E-state index in [1.54, 1.807) is 25.1 Å². The third-order valence-corrected chi connectivity index (χ3v) is 4.27. The molecule has 118 valence electrons. The minimum Gasteiger partial charge on any atom is -0.316 e. The number of hydrogen-bond acceptors (Lipinski definition) is 5. The number of carbonyl (C=O) groups excluding carboxylic acids is 1. The van der Waals surface area contributed by atoms with Gasteiger partial charge in [0.2, 0.25) is 0 Å². The van der Waals surface area contributed by atoms with Crippen molar-refractivity contribution in [3.63, 3.8) is 0 Å². The van der Waals surface area contributed by atoms with Gasteiger partial charge in [0, 0.05) is 17.5 Å². The van der Waals surface area contributed by atoms with Gasteiger partial charge in [-0.15, -0.1) is 11.3 Å². The summed E-state index contributed by atoms with van der Waals surface area (Å²) in [5, 5.41) is 5.06. The topological polar surface area (TPSA) is 96.9 Å². The number of benzene rings is 1. The number of thiazole rings is 1. The number of hydrogen-bond donors (Lipinski definition) is 2. The van der Waals surface area contributed by atoms with Crippen molar-refractivity contribution in [1.29, 1.82) is 0 Å². The minimum atomic E-state index is -0.701. The number of amides is 1. The predicted octanol–water partition coefficient (Wildman–Crippen LogP) is 1.73. The second-order valence-corrected chi connectivity index (χ2v) is 5.84. The Morgan fingerprint density at radius 3 is 2.83 bits per heavy atom. The van der Waals surface area contributed by atoms with Gasteiger partial charge in [0.05, 0.1) is 16.7 Å². The molecule has 0 fully saturated rings. The third-order valence-electron chi connectivity index (χ3n) is 3.39. The van der Waals surface area contributed by atoms with Crippen molar-refractivity contribution in [3.05, 3.63) is 55.5 Å². The second-order valence-electron chi connectivity index (χ2n) is 4.98. The van der Waals surface area contributed by atoms with Gasteiger partial charge in [0.15, 0.2) is 5.13 Å². The van der Waals surface area contributed by atoms with Gasteiger partial charge in [-0.3, -0.25) is 19.7 Å². The first-order valence-electron chi connectivity index (χ1n) is 7.00. The zero-order valence-electron chi connectivity index (χ0n) is 12.5. The van der Waals surface area contributed by atoms with Crippen molar-refractivity contribution in [3.8, 4) is 0 Å². The fraction of sp³-hybridized carbons (Fsp3) is 0.200.